The molecule has 1 aromatic carbocycles. The van der Waals surface area contributed by atoms with Crippen molar-refractivity contribution in [2.75, 3.05) is 12.4 Å². The number of fused-ring (bicyclic) bond motifs is 3. The van der Waals surface area contributed by atoms with E-state index >= 15 is 0 Å². The van der Waals surface area contributed by atoms with Crippen LogP contribution in [0.25, 0.3) is 5.57 Å². The van der Waals surface area contributed by atoms with E-state index < -0.39 is 18.1 Å². The molecule has 28 heavy (non-hydrogen) atoms. The van der Waals surface area contributed by atoms with Crippen LogP contribution in [0.3, 0.4) is 0 Å². The summed E-state index contributed by atoms with van der Waals surface area (Å²) in [4.78, 5) is 23.7. The van der Waals surface area contributed by atoms with E-state index in [0.717, 1.165) is 16.7 Å². The lowest BCUT2D eigenvalue weighted by molar-refractivity contribution is -0.138. The topological polar surface area (TPSA) is 75.6 Å². The number of allylic oxidation sites excluding steroid dienone is 5. The average molecular weight is 400 g/mol. The number of thioether (sulfide) groups is 1. The normalized spacial score (nSPS) is 18.5. The van der Waals surface area contributed by atoms with Gasteiger partial charge in [0.1, 0.15) is 12.6 Å². The molecular weight excluding hydrogens is 374 g/mol. The van der Waals surface area contributed by atoms with Crippen molar-refractivity contribution in [2.24, 2.45) is 0 Å². The van der Waals surface area contributed by atoms with Crippen molar-refractivity contribution in [3.63, 3.8) is 0 Å². The molecule has 2 aliphatic rings. The Labute approximate surface area is 169 Å². The van der Waals surface area contributed by atoms with Gasteiger partial charge in [-0.25, -0.2) is 9.59 Å². The van der Waals surface area contributed by atoms with E-state index in [1.54, 1.807) is 0 Å². The maximum atomic E-state index is 12.3. The molecule has 0 radical (unpaired) electrons. The molecule has 148 valence electrons. The molecule has 2 aliphatic carbocycles. The number of carboxylic acids is 1. The first kappa shape index (κ1) is 20.3. The highest BCUT2D eigenvalue weighted by molar-refractivity contribution is 8.00. The summed E-state index contributed by atoms with van der Waals surface area (Å²) in [7, 11) is 0. The SMILES string of the molecule is CC(C)(C)SC[C@H](NC(=O)OCC1=C2C=CC=C[C@H]2c2ccccc21)C(=O)O. The Bertz CT molecular complexity index is 864. The molecule has 0 fully saturated rings. The van der Waals surface area contributed by atoms with Gasteiger partial charge >= 0.3 is 12.1 Å². The van der Waals surface area contributed by atoms with Gasteiger partial charge in [-0.15, -0.1) is 0 Å². The Hall–Kier alpha value is -2.47. The molecule has 5 nitrogen and oxygen atoms in total. The van der Waals surface area contributed by atoms with E-state index in [0.29, 0.717) is 0 Å². The highest BCUT2D eigenvalue weighted by Gasteiger charge is 2.30. The van der Waals surface area contributed by atoms with Gasteiger partial charge in [-0.3, -0.25) is 0 Å². The second-order valence-electron chi connectivity index (χ2n) is 7.78. The first-order valence-electron chi connectivity index (χ1n) is 9.23. The minimum Gasteiger partial charge on any atom is -0.480 e. The fraction of sp³-hybridized carbons (Fsp3) is 0.364. The molecule has 3 rings (SSSR count). The summed E-state index contributed by atoms with van der Waals surface area (Å²) in [6.07, 6.45) is 7.45. The van der Waals surface area contributed by atoms with E-state index in [-0.39, 0.29) is 23.0 Å². The zero-order chi connectivity index (χ0) is 20.3. The predicted octanol–water partition coefficient (Wildman–Crippen LogP) is 4.37. The standard InChI is InChI=1S/C22H25NO4S/c1-22(2,3)28-13-19(20(24)25)23-21(26)27-12-18-16-10-6-4-8-14(16)15-9-5-7-11-17(15)18/h4-11,14,19H,12-13H2,1-3H3,(H,23,26)(H,24,25)/t14-,19-/m0/s1. The van der Waals surface area contributed by atoms with Gasteiger partial charge in [0, 0.05) is 22.0 Å². The van der Waals surface area contributed by atoms with Gasteiger partial charge in [0.05, 0.1) is 0 Å². The summed E-state index contributed by atoms with van der Waals surface area (Å²) in [5.41, 5.74) is 4.36. The average Bonchev–Trinajstić information content (AvgIpc) is 2.96. The number of aliphatic carboxylic acids is 1. The molecule has 1 amide bonds. The maximum absolute atomic E-state index is 12.3. The van der Waals surface area contributed by atoms with Crippen molar-refractivity contribution >= 4 is 29.4 Å². The fourth-order valence-electron chi connectivity index (χ4n) is 3.29. The monoisotopic (exact) mass is 399 g/mol. The van der Waals surface area contributed by atoms with E-state index in [1.165, 1.54) is 17.3 Å². The fourth-order valence-corrected chi connectivity index (χ4v) is 4.18. The molecule has 0 aliphatic heterocycles. The lowest BCUT2D eigenvalue weighted by atomic mass is 9.92. The predicted molar refractivity (Wildman–Crippen MR) is 113 cm³/mol. The summed E-state index contributed by atoms with van der Waals surface area (Å²) in [5, 5.41) is 11.8. The number of nitrogens with one attached hydrogen (secondary N) is 1. The van der Waals surface area contributed by atoms with Gasteiger partial charge in [-0.2, -0.15) is 11.8 Å². The van der Waals surface area contributed by atoms with Gasteiger partial charge < -0.3 is 15.2 Å². The van der Waals surface area contributed by atoms with Crippen molar-refractivity contribution in [3.8, 4) is 0 Å². The molecule has 1 aromatic rings. The van der Waals surface area contributed by atoms with Crippen LogP contribution in [0.4, 0.5) is 4.79 Å². The molecule has 0 aromatic heterocycles. The lowest BCUT2D eigenvalue weighted by Crippen LogP contribution is -2.43. The molecule has 0 spiro atoms. The summed E-state index contributed by atoms with van der Waals surface area (Å²) in [5.74, 6) is -0.611. The molecule has 0 bridgehead atoms. The van der Waals surface area contributed by atoms with Crippen LogP contribution in [0.15, 0.2) is 54.1 Å². The first-order chi connectivity index (χ1) is 13.3. The minimum atomic E-state index is -1.07. The molecule has 0 saturated carbocycles. The number of carbonyl (C=O) groups excluding carboxylic acids is 1. The molecule has 0 heterocycles. The number of rotatable bonds is 6. The third-order valence-electron chi connectivity index (χ3n) is 4.62. The maximum Gasteiger partial charge on any atom is 0.408 e. The number of benzene rings is 1. The van der Waals surface area contributed by atoms with E-state index in [4.69, 9.17) is 4.74 Å². The van der Waals surface area contributed by atoms with Crippen molar-refractivity contribution in [3.05, 3.63) is 65.3 Å². The highest BCUT2D eigenvalue weighted by Crippen LogP contribution is 2.44. The lowest BCUT2D eigenvalue weighted by Gasteiger charge is -2.21. The Kier molecular flexibility index (Phi) is 5.98. The number of ether oxygens (including phenoxy) is 1. The summed E-state index contributed by atoms with van der Waals surface area (Å²) >= 11 is 1.48. The molecule has 2 N–H and O–H groups in total. The number of carboxylic acid groups (broad SMARTS) is 1. The Morgan fingerprint density at radius 3 is 2.71 bits per heavy atom. The third-order valence-corrected chi connectivity index (χ3v) is 5.98. The zero-order valence-electron chi connectivity index (χ0n) is 16.3. The Balaban J connectivity index is 1.66. The second kappa shape index (κ2) is 8.27. The van der Waals surface area contributed by atoms with Crippen molar-refractivity contribution in [1.82, 2.24) is 5.32 Å². The van der Waals surface area contributed by atoms with Gasteiger partial charge in [-0.05, 0) is 16.7 Å². The van der Waals surface area contributed by atoms with Crippen molar-refractivity contribution in [1.29, 1.82) is 0 Å². The van der Waals surface area contributed by atoms with Gasteiger partial charge in [0.25, 0.3) is 0 Å². The quantitative estimate of drug-likeness (QED) is 0.743. The Morgan fingerprint density at radius 1 is 1.25 bits per heavy atom. The van der Waals surface area contributed by atoms with Gasteiger partial charge in [0.2, 0.25) is 0 Å². The summed E-state index contributed by atoms with van der Waals surface area (Å²) < 4.78 is 5.32. The van der Waals surface area contributed by atoms with Crippen molar-refractivity contribution < 1.29 is 19.4 Å². The van der Waals surface area contributed by atoms with Gasteiger partial charge in [-0.1, -0.05) is 69.3 Å². The number of carbonyl (C=O) groups is 2. The minimum absolute atomic E-state index is 0.0881. The summed E-state index contributed by atoms with van der Waals surface area (Å²) in [6, 6.07) is 7.09. The highest BCUT2D eigenvalue weighted by atomic mass is 32.2. The van der Waals surface area contributed by atoms with Crippen LogP contribution in [0.1, 0.15) is 37.8 Å². The van der Waals surface area contributed by atoms with E-state index in [2.05, 4.69) is 17.5 Å². The van der Waals surface area contributed by atoms with Crippen LogP contribution in [-0.4, -0.2) is 40.3 Å². The Morgan fingerprint density at radius 2 is 2.00 bits per heavy atom. The first-order valence-corrected chi connectivity index (χ1v) is 10.2. The number of alkyl carbamates (subject to hydrolysis) is 1. The van der Waals surface area contributed by atoms with Crippen LogP contribution in [0.5, 0.6) is 0 Å². The van der Waals surface area contributed by atoms with Crippen molar-refractivity contribution in [2.45, 2.75) is 37.5 Å². The number of hydrogen-bond acceptors (Lipinski definition) is 4. The van der Waals surface area contributed by atoms with Crippen LogP contribution in [-0.2, 0) is 9.53 Å². The van der Waals surface area contributed by atoms with Crippen LogP contribution >= 0.6 is 11.8 Å². The molecule has 0 saturated heterocycles. The largest absolute Gasteiger partial charge is 0.480 e. The van der Waals surface area contributed by atoms with E-state index in [1.807, 2.05) is 57.2 Å². The van der Waals surface area contributed by atoms with E-state index in [9.17, 15) is 14.7 Å². The number of hydrogen-bond donors (Lipinski definition) is 2. The third kappa shape index (κ3) is 4.68. The van der Waals surface area contributed by atoms with Crippen LogP contribution in [0, 0.1) is 0 Å². The van der Waals surface area contributed by atoms with Crippen LogP contribution < -0.4 is 5.32 Å². The van der Waals surface area contributed by atoms with Gasteiger partial charge in [0.15, 0.2) is 0 Å². The molecular formula is C22H25NO4S. The number of amides is 1. The second-order valence-corrected chi connectivity index (χ2v) is 9.62. The molecule has 6 heteroatoms. The zero-order valence-corrected chi connectivity index (χ0v) is 17.1. The van der Waals surface area contributed by atoms with Crippen LogP contribution in [0.2, 0.25) is 0 Å². The summed E-state index contributed by atoms with van der Waals surface area (Å²) in [6.45, 7) is 6.11. The molecule has 2 atom stereocenters. The molecule has 0 unspecified atom stereocenters. The smallest absolute Gasteiger partial charge is 0.408 e.